The van der Waals surface area contributed by atoms with Crippen LogP contribution in [0.1, 0.15) is 12.8 Å². The quantitative estimate of drug-likeness (QED) is 0.838. The first-order valence-corrected chi connectivity index (χ1v) is 5.76. The molecular formula is C13H17N3O. The van der Waals surface area contributed by atoms with E-state index >= 15 is 0 Å². The van der Waals surface area contributed by atoms with Crippen LogP contribution in [0.5, 0.6) is 5.75 Å². The molecule has 0 unspecified atom stereocenters. The minimum absolute atomic E-state index is 0.643. The smallest absolute Gasteiger partial charge is 0.120 e. The maximum Gasteiger partial charge on any atom is 0.120 e. The number of benzene rings is 1. The van der Waals surface area contributed by atoms with Crippen molar-refractivity contribution in [2.75, 3.05) is 25.1 Å². The van der Waals surface area contributed by atoms with Crippen LogP contribution in [0.15, 0.2) is 24.3 Å². The molecule has 2 N–H and O–H groups in total. The summed E-state index contributed by atoms with van der Waals surface area (Å²) in [6.45, 7) is 1.63. The van der Waals surface area contributed by atoms with Gasteiger partial charge in [-0.25, -0.2) is 0 Å². The van der Waals surface area contributed by atoms with Crippen LogP contribution >= 0.6 is 0 Å². The van der Waals surface area contributed by atoms with Crippen molar-refractivity contribution in [1.29, 1.82) is 5.26 Å². The molecule has 4 heteroatoms. The van der Waals surface area contributed by atoms with Crippen LogP contribution in [0.25, 0.3) is 0 Å². The first-order valence-electron chi connectivity index (χ1n) is 5.76. The number of anilines is 1. The average Bonchev–Trinajstić information content (AvgIpc) is 2.40. The van der Waals surface area contributed by atoms with E-state index in [9.17, 15) is 0 Å². The minimum Gasteiger partial charge on any atom is -0.497 e. The normalized spacial score (nSPS) is 18.5. The second-order valence-electron chi connectivity index (χ2n) is 4.46. The zero-order valence-corrected chi connectivity index (χ0v) is 10.0. The molecule has 0 saturated carbocycles. The predicted molar refractivity (Wildman–Crippen MR) is 67.0 cm³/mol. The summed E-state index contributed by atoms with van der Waals surface area (Å²) in [5.41, 5.74) is 6.43. The molecule has 0 aliphatic carbocycles. The molecular weight excluding hydrogens is 214 g/mol. The van der Waals surface area contributed by atoms with Gasteiger partial charge in [0.05, 0.1) is 13.2 Å². The number of piperidine rings is 1. The van der Waals surface area contributed by atoms with Gasteiger partial charge in [-0.15, -0.1) is 0 Å². The summed E-state index contributed by atoms with van der Waals surface area (Å²) >= 11 is 0. The van der Waals surface area contributed by atoms with Crippen molar-refractivity contribution in [3.63, 3.8) is 0 Å². The van der Waals surface area contributed by atoms with Crippen LogP contribution in [0.4, 0.5) is 5.69 Å². The fourth-order valence-corrected chi connectivity index (χ4v) is 2.08. The number of hydrogen-bond acceptors (Lipinski definition) is 4. The molecule has 1 aliphatic rings. The van der Waals surface area contributed by atoms with Gasteiger partial charge in [0.2, 0.25) is 0 Å². The van der Waals surface area contributed by atoms with E-state index in [1.165, 1.54) is 0 Å². The molecule has 90 valence electrons. The Kier molecular flexibility index (Phi) is 3.21. The molecule has 1 fully saturated rings. The molecule has 4 nitrogen and oxygen atoms in total. The van der Waals surface area contributed by atoms with E-state index in [0.717, 1.165) is 24.5 Å². The van der Waals surface area contributed by atoms with Gasteiger partial charge < -0.3 is 15.4 Å². The van der Waals surface area contributed by atoms with Crippen molar-refractivity contribution in [3.8, 4) is 11.8 Å². The Morgan fingerprint density at radius 2 is 2.12 bits per heavy atom. The summed E-state index contributed by atoms with van der Waals surface area (Å²) in [5.74, 6) is 0.854. The van der Waals surface area contributed by atoms with E-state index in [4.69, 9.17) is 15.7 Å². The maximum atomic E-state index is 8.98. The predicted octanol–water partition coefficient (Wildman–Crippen LogP) is 1.52. The Morgan fingerprint density at radius 3 is 2.71 bits per heavy atom. The van der Waals surface area contributed by atoms with Gasteiger partial charge in [0.1, 0.15) is 11.3 Å². The first-order chi connectivity index (χ1) is 8.17. The van der Waals surface area contributed by atoms with Gasteiger partial charge in [-0.05, 0) is 25.0 Å². The Labute approximate surface area is 102 Å². The van der Waals surface area contributed by atoms with E-state index in [1.807, 2.05) is 18.2 Å². The minimum atomic E-state index is -0.643. The topological polar surface area (TPSA) is 62.3 Å². The Morgan fingerprint density at radius 1 is 1.41 bits per heavy atom. The second-order valence-corrected chi connectivity index (χ2v) is 4.46. The monoisotopic (exact) mass is 231 g/mol. The molecule has 0 bridgehead atoms. The zero-order chi connectivity index (χ0) is 12.3. The van der Waals surface area contributed by atoms with Crippen molar-refractivity contribution >= 4 is 5.69 Å². The molecule has 0 amide bonds. The van der Waals surface area contributed by atoms with Crippen LogP contribution in [0.2, 0.25) is 0 Å². The fourth-order valence-electron chi connectivity index (χ4n) is 2.08. The fraction of sp³-hybridized carbons (Fsp3) is 0.462. The summed E-state index contributed by atoms with van der Waals surface area (Å²) < 4.78 is 5.20. The van der Waals surface area contributed by atoms with E-state index in [1.54, 1.807) is 7.11 Å². The summed E-state index contributed by atoms with van der Waals surface area (Å²) in [6.07, 6.45) is 1.42. The number of rotatable bonds is 2. The highest BCUT2D eigenvalue weighted by molar-refractivity contribution is 5.51. The number of methoxy groups -OCH3 is 1. The number of hydrogen-bond donors (Lipinski definition) is 1. The molecule has 1 aliphatic heterocycles. The number of nitriles is 1. The van der Waals surface area contributed by atoms with Crippen LogP contribution in [-0.4, -0.2) is 25.7 Å². The number of nitrogens with zero attached hydrogens (tertiary/aromatic N) is 2. The molecule has 1 aromatic carbocycles. The second kappa shape index (κ2) is 4.64. The standard InChI is InChI=1S/C13H17N3O/c1-17-12-4-2-3-11(9-12)16-7-5-13(15,10-14)6-8-16/h2-4,9H,5-8,15H2,1H3. The van der Waals surface area contributed by atoms with E-state index < -0.39 is 5.54 Å². The highest BCUT2D eigenvalue weighted by Crippen LogP contribution is 2.26. The van der Waals surface area contributed by atoms with Gasteiger partial charge in [-0.1, -0.05) is 6.07 Å². The van der Waals surface area contributed by atoms with E-state index in [0.29, 0.717) is 12.8 Å². The lowest BCUT2D eigenvalue weighted by atomic mass is 9.90. The molecule has 1 saturated heterocycles. The van der Waals surface area contributed by atoms with Crippen molar-refractivity contribution < 1.29 is 4.74 Å². The molecule has 17 heavy (non-hydrogen) atoms. The third-order valence-electron chi connectivity index (χ3n) is 3.30. The van der Waals surface area contributed by atoms with Gasteiger partial charge in [0.15, 0.2) is 0 Å². The largest absolute Gasteiger partial charge is 0.497 e. The van der Waals surface area contributed by atoms with Gasteiger partial charge in [0.25, 0.3) is 0 Å². The Hall–Kier alpha value is -1.73. The van der Waals surface area contributed by atoms with Gasteiger partial charge in [-0.2, -0.15) is 5.26 Å². The summed E-state index contributed by atoms with van der Waals surface area (Å²) in [4.78, 5) is 2.24. The van der Waals surface area contributed by atoms with Crippen LogP contribution in [0.3, 0.4) is 0 Å². The van der Waals surface area contributed by atoms with Gasteiger partial charge in [0, 0.05) is 24.8 Å². The molecule has 0 spiro atoms. The van der Waals surface area contributed by atoms with Crippen molar-refractivity contribution in [2.24, 2.45) is 5.73 Å². The lowest BCUT2D eigenvalue weighted by Crippen LogP contribution is -2.49. The summed E-state index contributed by atoms with van der Waals surface area (Å²) in [5, 5.41) is 8.98. The first kappa shape index (κ1) is 11.7. The van der Waals surface area contributed by atoms with Crippen LogP contribution in [-0.2, 0) is 0 Å². The third kappa shape index (κ3) is 2.51. The van der Waals surface area contributed by atoms with Crippen LogP contribution in [0, 0.1) is 11.3 Å². The van der Waals surface area contributed by atoms with Gasteiger partial charge >= 0.3 is 0 Å². The maximum absolute atomic E-state index is 8.98. The lowest BCUT2D eigenvalue weighted by Gasteiger charge is -2.36. The number of ether oxygens (including phenoxy) is 1. The van der Waals surface area contributed by atoms with Crippen molar-refractivity contribution in [1.82, 2.24) is 0 Å². The Balaban J connectivity index is 2.08. The third-order valence-corrected chi connectivity index (χ3v) is 3.30. The molecule has 1 aromatic rings. The molecule has 2 rings (SSSR count). The molecule has 0 atom stereocenters. The summed E-state index contributed by atoms with van der Waals surface area (Å²) in [7, 11) is 1.66. The van der Waals surface area contributed by atoms with Crippen molar-refractivity contribution in [2.45, 2.75) is 18.4 Å². The Bertz CT molecular complexity index is 431. The lowest BCUT2D eigenvalue weighted by molar-refractivity contribution is 0.409. The molecule has 0 aromatic heterocycles. The molecule has 1 heterocycles. The van der Waals surface area contributed by atoms with Crippen LogP contribution < -0.4 is 15.4 Å². The number of nitrogens with two attached hydrogens (primary N) is 1. The van der Waals surface area contributed by atoms with E-state index in [2.05, 4.69) is 17.0 Å². The summed E-state index contributed by atoms with van der Waals surface area (Å²) in [6, 6.07) is 10.2. The van der Waals surface area contributed by atoms with Crippen molar-refractivity contribution in [3.05, 3.63) is 24.3 Å². The zero-order valence-electron chi connectivity index (χ0n) is 10.0. The molecule has 0 radical (unpaired) electrons. The SMILES string of the molecule is COc1cccc(N2CCC(N)(C#N)CC2)c1. The average molecular weight is 231 g/mol. The highest BCUT2D eigenvalue weighted by atomic mass is 16.5. The van der Waals surface area contributed by atoms with E-state index in [-0.39, 0.29) is 0 Å². The highest BCUT2D eigenvalue weighted by Gasteiger charge is 2.30. The van der Waals surface area contributed by atoms with Gasteiger partial charge in [-0.3, -0.25) is 0 Å².